The van der Waals surface area contributed by atoms with Gasteiger partial charge in [-0.25, -0.2) is 0 Å². The molecule has 1 aliphatic rings. The highest BCUT2D eigenvalue weighted by molar-refractivity contribution is 6.37. The van der Waals surface area contributed by atoms with E-state index in [0.717, 1.165) is 5.82 Å². The molecule has 1 saturated carbocycles. The Morgan fingerprint density at radius 1 is 0.867 bits per heavy atom. The highest BCUT2D eigenvalue weighted by Crippen LogP contribution is 2.28. The minimum Gasteiger partial charge on any atom is -0.0800 e. The molecule has 15 heavy (non-hydrogen) atoms. The molecule has 0 aromatic carbocycles. The van der Waals surface area contributed by atoms with Crippen molar-refractivity contribution in [2.75, 3.05) is 0 Å². The molecule has 0 bridgehead atoms. The second kappa shape index (κ2) is 9.30. The summed E-state index contributed by atoms with van der Waals surface area (Å²) in [6.07, 6.45) is 17.4. The molecule has 1 rings (SSSR count). The number of rotatable bonds is 8. The Kier molecular flexibility index (Phi) is 8.14. The van der Waals surface area contributed by atoms with Crippen LogP contribution in [0.5, 0.6) is 0 Å². The van der Waals surface area contributed by atoms with Crippen molar-refractivity contribution in [3.63, 3.8) is 0 Å². The van der Waals surface area contributed by atoms with E-state index in [1.54, 1.807) is 0 Å². The molecule has 0 aromatic rings. The van der Waals surface area contributed by atoms with Gasteiger partial charge in [0.1, 0.15) is 7.28 Å². The molecule has 0 aliphatic heterocycles. The number of unbranched alkanes of at least 4 members (excludes halogenated alkanes) is 5. The van der Waals surface area contributed by atoms with Crippen LogP contribution in [-0.2, 0) is 0 Å². The monoisotopic (exact) mass is 207 g/mol. The third-order valence-corrected chi connectivity index (χ3v) is 3.71. The summed E-state index contributed by atoms with van der Waals surface area (Å²) in [5.74, 6) is 0.981. The fourth-order valence-corrected chi connectivity index (χ4v) is 2.65. The Morgan fingerprint density at radius 3 is 2.27 bits per heavy atom. The van der Waals surface area contributed by atoms with E-state index in [9.17, 15) is 0 Å². The summed E-state index contributed by atoms with van der Waals surface area (Å²) < 4.78 is 0. The summed E-state index contributed by atoms with van der Waals surface area (Å²) in [4.78, 5) is 0. The van der Waals surface area contributed by atoms with Crippen molar-refractivity contribution >= 4 is 7.28 Å². The van der Waals surface area contributed by atoms with E-state index >= 15 is 0 Å². The fraction of sp³-hybridized carbons (Fsp3) is 1.00. The highest BCUT2D eigenvalue weighted by atomic mass is 14.1. The first-order valence-electron chi connectivity index (χ1n) is 7.27. The maximum atomic E-state index is 2.62. The van der Waals surface area contributed by atoms with Gasteiger partial charge in [0.15, 0.2) is 0 Å². The van der Waals surface area contributed by atoms with Crippen LogP contribution >= 0.6 is 0 Å². The maximum absolute atomic E-state index is 2.62. The zero-order valence-corrected chi connectivity index (χ0v) is 10.6. The van der Waals surface area contributed by atoms with Crippen molar-refractivity contribution in [3.05, 3.63) is 0 Å². The van der Waals surface area contributed by atoms with Crippen molar-refractivity contribution in [1.29, 1.82) is 0 Å². The lowest BCUT2D eigenvalue weighted by Crippen LogP contribution is -2.07. The molecule has 1 fully saturated rings. The molecule has 0 N–H and O–H groups in total. The van der Waals surface area contributed by atoms with Crippen LogP contribution in [0.25, 0.3) is 0 Å². The lowest BCUT2D eigenvalue weighted by molar-refractivity contribution is 0.499. The second-order valence-corrected chi connectivity index (χ2v) is 5.19. The van der Waals surface area contributed by atoms with Crippen LogP contribution in [0.3, 0.4) is 0 Å². The predicted molar refractivity (Wildman–Crippen MR) is 70.8 cm³/mol. The van der Waals surface area contributed by atoms with Crippen LogP contribution in [0.15, 0.2) is 0 Å². The predicted octanol–water partition coefficient (Wildman–Crippen LogP) is 5.22. The van der Waals surface area contributed by atoms with Gasteiger partial charge in [-0.3, -0.25) is 0 Å². The fourth-order valence-electron chi connectivity index (χ4n) is 2.65. The molecule has 1 aliphatic carbocycles. The van der Waals surface area contributed by atoms with Crippen molar-refractivity contribution < 1.29 is 0 Å². The zero-order chi connectivity index (χ0) is 10.8. The number of hydrogen-bond donors (Lipinski definition) is 0. The van der Waals surface area contributed by atoms with Gasteiger partial charge < -0.3 is 0 Å². The van der Waals surface area contributed by atoms with Gasteiger partial charge in [0.25, 0.3) is 0 Å². The second-order valence-electron chi connectivity index (χ2n) is 5.19. The third-order valence-electron chi connectivity index (χ3n) is 3.71. The molecule has 0 atom stereocenters. The average molecular weight is 207 g/mol. The molecular weight excluding hydrogens is 179 g/mol. The van der Waals surface area contributed by atoms with Gasteiger partial charge in [0.05, 0.1) is 0 Å². The van der Waals surface area contributed by atoms with Crippen LogP contribution in [0, 0.1) is 0 Å². The van der Waals surface area contributed by atoms with Crippen LogP contribution in [-0.4, -0.2) is 7.28 Å². The molecule has 87 valence electrons. The largest absolute Gasteiger partial charge is 0.113 e. The third kappa shape index (κ3) is 7.03. The minimum absolute atomic E-state index is 0.981. The standard InChI is InChI=1S/C14H28B/c1-2-3-4-5-6-10-13-15-14-11-8-7-9-12-14/h14H,2-13H2,1H3. The van der Waals surface area contributed by atoms with Gasteiger partial charge in [0.2, 0.25) is 0 Å². The van der Waals surface area contributed by atoms with Gasteiger partial charge in [-0.1, -0.05) is 89.7 Å². The first kappa shape index (κ1) is 13.1. The van der Waals surface area contributed by atoms with E-state index < -0.39 is 0 Å². The Balaban J connectivity index is 1.79. The average Bonchev–Trinajstić information content (AvgIpc) is 2.29. The lowest BCUT2D eigenvalue weighted by atomic mass is 9.56. The Labute approximate surface area is 97.5 Å². The van der Waals surface area contributed by atoms with Crippen molar-refractivity contribution in [3.8, 4) is 0 Å². The maximum Gasteiger partial charge on any atom is 0.113 e. The molecule has 0 spiro atoms. The topological polar surface area (TPSA) is 0 Å². The van der Waals surface area contributed by atoms with Gasteiger partial charge in [0, 0.05) is 0 Å². The van der Waals surface area contributed by atoms with Crippen LogP contribution < -0.4 is 0 Å². The van der Waals surface area contributed by atoms with Crippen molar-refractivity contribution in [1.82, 2.24) is 0 Å². The van der Waals surface area contributed by atoms with Gasteiger partial charge >= 0.3 is 0 Å². The van der Waals surface area contributed by atoms with Crippen molar-refractivity contribution in [2.45, 2.75) is 89.7 Å². The Hall–Kier alpha value is 0.0649. The molecule has 0 unspecified atom stereocenters. The van der Waals surface area contributed by atoms with E-state index in [0.29, 0.717) is 0 Å². The molecule has 0 heterocycles. The first-order chi connectivity index (χ1) is 7.43. The van der Waals surface area contributed by atoms with E-state index in [-0.39, 0.29) is 0 Å². The van der Waals surface area contributed by atoms with Gasteiger partial charge in [-0.15, -0.1) is 0 Å². The lowest BCUT2D eigenvalue weighted by Gasteiger charge is -2.20. The first-order valence-corrected chi connectivity index (χ1v) is 7.27. The summed E-state index contributed by atoms with van der Waals surface area (Å²) in [7, 11) is 2.62. The molecule has 0 saturated heterocycles. The Morgan fingerprint density at radius 2 is 1.53 bits per heavy atom. The van der Waals surface area contributed by atoms with Crippen LogP contribution in [0.4, 0.5) is 0 Å². The van der Waals surface area contributed by atoms with Crippen LogP contribution in [0.2, 0.25) is 12.1 Å². The van der Waals surface area contributed by atoms with Crippen LogP contribution in [0.1, 0.15) is 77.6 Å². The summed E-state index contributed by atoms with van der Waals surface area (Å²) in [5.41, 5.74) is 0. The van der Waals surface area contributed by atoms with Crippen molar-refractivity contribution in [2.24, 2.45) is 0 Å². The van der Waals surface area contributed by atoms with Gasteiger partial charge in [-0.2, -0.15) is 0 Å². The smallest absolute Gasteiger partial charge is 0.0800 e. The van der Waals surface area contributed by atoms with E-state index in [1.165, 1.54) is 76.9 Å². The molecule has 0 nitrogen and oxygen atoms in total. The SMILES string of the molecule is CCCCCCCC[B]C1CCCCC1. The zero-order valence-electron chi connectivity index (χ0n) is 10.6. The molecule has 0 aromatic heterocycles. The summed E-state index contributed by atoms with van der Waals surface area (Å²) in [5, 5.41) is 0. The summed E-state index contributed by atoms with van der Waals surface area (Å²) >= 11 is 0. The Bertz CT molecular complexity index is 127. The highest BCUT2D eigenvalue weighted by Gasteiger charge is 2.13. The quantitative estimate of drug-likeness (QED) is 0.378. The van der Waals surface area contributed by atoms with E-state index in [2.05, 4.69) is 14.2 Å². The minimum atomic E-state index is 0.981. The number of hydrogen-bond acceptors (Lipinski definition) is 0. The molecule has 1 heteroatoms. The van der Waals surface area contributed by atoms with Gasteiger partial charge in [-0.05, 0) is 0 Å². The summed E-state index contributed by atoms with van der Waals surface area (Å²) in [6, 6.07) is 0. The summed E-state index contributed by atoms with van der Waals surface area (Å²) in [6.45, 7) is 2.29. The molecule has 1 radical (unpaired) electrons. The normalized spacial score (nSPS) is 17.9. The molecule has 0 amide bonds. The van der Waals surface area contributed by atoms with E-state index in [4.69, 9.17) is 0 Å². The molecular formula is C14H28B. The van der Waals surface area contributed by atoms with E-state index in [1.807, 2.05) is 0 Å².